The van der Waals surface area contributed by atoms with Crippen molar-refractivity contribution < 1.29 is 9.47 Å². The number of aryl methyl sites for hydroxylation is 1. The van der Waals surface area contributed by atoms with Gasteiger partial charge in [-0.25, -0.2) is 4.68 Å². The number of ether oxygens (including phenoxy) is 2. The van der Waals surface area contributed by atoms with E-state index in [-0.39, 0.29) is 0 Å². The van der Waals surface area contributed by atoms with Crippen LogP contribution in [0, 0.1) is 0 Å². The molecule has 1 aromatic carbocycles. The molecule has 0 aliphatic carbocycles. The fraction of sp³-hybridized carbons (Fsp3) is 0.500. The van der Waals surface area contributed by atoms with Gasteiger partial charge in [-0.1, -0.05) is 0 Å². The number of anilines is 1. The number of aromatic nitrogens is 4. The molecular formula is C14H21N5O2. The summed E-state index contributed by atoms with van der Waals surface area (Å²) in [5.41, 5.74) is 7.26. The Morgan fingerprint density at radius 2 is 2.05 bits per heavy atom. The molecule has 0 atom stereocenters. The smallest absolute Gasteiger partial charge is 0.185 e. The molecule has 114 valence electrons. The Hall–Kier alpha value is -2.15. The van der Waals surface area contributed by atoms with Gasteiger partial charge in [-0.05, 0) is 41.8 Å². The van der Waals surface area contributed by atoms with E-state index in [0.717, 1.165) is 38.0 Å². The van der Waals surface area contributed by atoms with Crippen molar-refractivity contribution in [2.75, 3.05) is 26.6 Å². The van der Waals surface area contributed by atoms with Crippen LogP contribution in [0.2, 0.25) is 0 Å². The van der Waals surface area contributed by atoms with Gasteiger partial charge in [0.05, 0.1) is 12.7 Å². The highest BCUT2D eigenvalue weighted by molar-refractivity contribution is 5.67. The second kappa shape index (κ2) is 7.58. The lowest BCUT2D eigenvalue weighted by Crippen LogP contribution is -2.04. The van der Waals surface area contributed by atoms with Gasteiger partial charge in [-0.2, -0.15) is 0 Å². The summed E-state index contributed by atoms with van der Waals surface area (Å²) in [6, 6.07) is 5.46. The molecule has 0 aliphatic rings. The van der Waals surface area contributed by atoms with Crippen LogP contribution in [0.4, 0.5) is 5.69 Å². The third kappa shape index (κ3) is 3.91. The van der Waals surface area contributed by atoms with Crippen LogP contribution in [0.25, 0.3) is 11.4 Å². The molecule has 0 fully saturated rings. The van der Waals surface area contributed by atoms with Crippen molar-refractivity contribution >= 4 is 5.69 Å². The van der Waals surface area contributed by atoms with Crippen molar-refractivity contribution in [1.82, 2.24) is 20.2 Å². The summed E-state index contributed by atoms with van der Waals surface area (Å²) in [4.78, 5) is 0. The molecule has 0 spiro atoms. The van der Waals surface area contributed by atoms with Gasteiger partial charge in [-0.3, -0.25) is 0 Å². The number of nitrogens with zero attached hydrogens (tertiary/aromatic N) is 4. The molecule has 1 aromatic heterocycles. The largest absolute Gasteiger partial charge is 0.496 e. The summed E-state index contributed by atoms with van der Waals surface area (Å²) in [5, 5.41) is 11.9. The molecule has 21 heavy (non-hydrogen) atoms. The van der Waals surface area contributed by atoms with Crippen LogP contribution in [0.5, 0.6) is 5.75 Å². The van der Waals surface area contributed by atoms with Crippen molar-refractivity contribution in [3.05, 3.63) is 18.2 Å². The third-order valence-corrected chi connectivity index (χ3v) is 3.22. The first-order valence-electron chi connectivity index (χ1n) is 6.95. The van der Waals surface area contributed by atoms with Gasteiger partial charge in [0.1, 0.15) is 5.75 Å². The molecule has 0 saturated heterocycles. The quantitative estimate of drug-likeness (QED) is 0.589. The van der Waals surface area contributed by atoms with Crippen molar-refractivity contribution in [3.8, 4) is 17.1 Å². The minimum Gasteiger partial charge on any atom is -0.496 e. The maximum absolute atomic E-state index is 5.77. The average molecular weight is 291 g/mol. The van der Waals surface area contributed by atoms with Gasteiger partial charge in [0.15, 0.2) is 5.82 Å². The van der Waals surface area contributed by atoms with Crippen molar-refractivity contribution in [3.63, 3.8) is 0 Å². The average Bonchev–Trinajstić information content (AvgIpc) is 2.95. The fourth-order valence-corrected chi connectivity index (χ4v) is 2.13. The maximum Gasteiger partial charge on any atom is 0.185 e. The standard InChI is InChI=1S/C14H21N5O2/c1-20-9-5-3-4-8-19-14(16-17-18-19)12-7-6-11(15)10-13(12)21-2/h6-7,10H,3-5,8-9,15H2,1-2H3. The zero-order valence-electron chi connectivity index (χ0n) is 12.5. The molecule has 0 bridgehead atoms. The van der Waals surface area contributed by atoms with E-state index >= 15 is 0 Å². The van der Waals surface area contributed by atoms with Crippen molar-refractivity contribution in [1.29, 1.82) is 0 Å². The SMILES string of the molecule is COCCCCCn1nnnc1-c1ccc(N)cc1OC. The Balaban J connectivity index is 2.09. The Bertz CT molecular complexity index is 570. The number of nitrogens with two attached hydrogens (primary N) is 1. The Morgan fingerprint density at radius 1 is 1.19 bits per heavy atom. The Labute approximate surface area is 124 Å². The lowest BCUT2D eigenvalue weighted by molar-refractivity contribution is 0.191. The number of hydrogen-bond donors (Lipinski definition) is 1. The number of benzene rings is 1. The van der Waals surface area contributed by atoms with Crippen LogP contribution in [0.1, 0.15) is 19.3 Å². The van der Waals surface area contributed by atoms with E-state index in [1.54, 1.807) is 25.0 Å². The zero-order chi connectivity index (χ0) is 15.1. The first-order valence-corrected chi connectivity index (χ1v) is 6.95. The summed E-state index contributed by atoms with van der Waals surface area (Å²) >= 11 is 0. The van der Waals surface area contributed by atoms with Crippen LogP contribution in [0.3, 0.4) is 0 Å². The van der Waals surface area contributed by atoms with Gasteiger partial charge in [0.2, 0.25) is 0 Å². The van der Waals surface area contributed by atoms with Crippen LogP contribution in [-0.4, -0.2) is 41.0 Å². The molecule has 1 heterocycles. The Kier molecular flexibility index (Phi) is 5.51. The Morgan fingerprint density at radius 3 is 2.81 bits per heavy atom. The van der Waals surface area contributed by atoms with Gasteiger partial charge in [0.25, 0.3) is 0 Å². The number of methoxy groups -OCH3 is 2. The molecule has 7 heteroatoms. The first-order chi connectivity index (χ1) is 10.3. The van der Waals surface area contributed by atoms with E-state index in [0.29, 0.717) is 17.3 Å². The normalized spacial score (nSPS) is 10.8. The summed E-state index contributed by atoms with van der Waals surface area (Å²) in [6.07, 6.45) is 3.11. The lowest BCUT2D eigenvalue weighted by atomic mass is 10.1. The summed E-state index contributed by atoms with van der Waals surface area (Å²) in [6.45, 7) is 1.55. The minimum absolute atomic E-state index is 0.647. The molecule has 2 rings (SSSR count). The molecule has 7 nitrogen and oxygen atoms in total. The minimum atomic E-state index is 0.647. The highest BCUT2D eigenvalue weighted by Gasteiger charge is 2.13. The van der Waals surface area contributed by atoms with Gasteiger partial charge >= 0.3 is 0 Å². The molecule has 2 N–H and O–H groups in total. The second-order valence-corrected chi connectivity index (χ2v) is 4.74. The zero-order valence-corrected chi connectivity index (χ0v) is 12.5. The number of rotatable bonds is 8. The van der Waals surface area contributed by atoms with Crippen molar-refractivity contribution in [2.24, 2.45) is 0 Å². The van der Waals surface area contributed by atoms with Crippen LogP contribution in [0.15, 0.2) is 18.2 Å². The predicted molar refractivity (Wildman–Crippen MR) is 79.9 cm³/mol. The maximum atomic E-state index is 5.77. The van der Waals surface area contributed by atoms with Gasteiger partial charge in [-0.15, -0.1) is 5.10 Å². The monoisotopic (exact) mass is 291 g/mol. The van der Waals surface area contributed by atoms with Crippen LogP contribution < -0.4 is 10.5 Å². The van der Waals surface area contributed by atoms with Gasteiger partial charge < -0.3 is 15.2 Å². The topological polar surface area (TPSA) is 88.1 Å². The molecular weight excluding hydrogens is 270 g/mol. The number of hydrogen-bond acceptors (Lipinski definition) is 6. The fourth-order valence-electron chi connectivity index (χ4n) is 2.13. The van der Waals surface area contributed by atoms with E-state index in [2.05, 4.69) is 15.5 Å². The predicted octanol–water partition coefficient (Wildman–Crippen LogP) is 1.75. The van der Waals surface area contributed by atoms with Gasteiger partial charge in [0, 0.05) is 32.0 Å². The van der Waals surface area contributed by atoms with Crippen LogP contribution >= 0.6 is 0 Å². The summed E-state index contributed by atoms with van der Waals surface area (Å²) in [7, 11) is 3.32. The second-order valence-electron chi connectivity index (χ2n) is 4.74. The number of nitrogen functional groups attached to an aromatic ring is 1. The number of unbranched alkanes of at least 4 members (excludes halogenated alkanes) is 2. The van der Waals surface area contributed by atoms with Crippen molar-refractivity contribution in [2.45, 2.75) is 25.8 Å². The van der Waals surface area contributed by atoms with E-state index in [1.807, 2.05) is 12.1 Å². The highest BCUT2D eigenvalue weighted by Crippen LogP contribution is 2.29. The molecule has 0 saturated carbocycles. The summed E-state index contributed by atoms with van der Waals surface area (Å²) in [5.74, 6) is 1.36. The third-order valence-electron chi connectivity index (χ3n) is 3.22. The van der Waals surface area contributed by atoms with E-state index in [9.17, 15) is 0 Å². The van der Waals surface area contributed by atoms with E-state index < -0.39 is 0 Å². The molecule has 0 aliphatic heterocycles. The van der Waals surface area contributed by atoms with Crippen LogP contribution in [-0.2, 0) is 11.3 Å². The number of tetrazole rings is 1. The molecule has 0 unspecified atom stereocenters. The molecule has 0 amide bonds. The van der Waals surface area contributed by atoms with E-state index in [4.69, 9.17) is 15.2 Å². The lowest BCUT2D eigenvalue weighted by Gasteiger charge is -2.09. The summed E-state index contributed by atoms with van der Waals surface area (Å²) < 4.78 is 12.2. The highest BCUT2D eigenvalue weighted by atomic mass is 16.5. The molecule has 0 radical (unpaired) electrons. The first kappa shape index (κ1) is 15.2. The van der Waals surface area contributed by atoms with E-state index in [1.165, 1.54) is 0 Å². The molecule has 2 aromatic rings.